The second-order valence-corrected chi connectivity index (χ2v) is 6.09. The number of fused-ring (bicyclic) bond motifs is 1. The van der Waals surface area contributed by atoms with Crippen LogP contribution in [0.5, 0.6) is 5.75 Å². The monoisotopic (exact) mass is 317 g/mol. The zero-order valence-corrected chi connectivity index (χ0v) is 13.5. The van der Waals surface area contributed by atoms with Gasteiger partial charge in [-0.3, -0.25) is 9.59 Å². The summed E-state index contributed by atoms with van der Waals surface area (Å²) < 4.78 is 5.43. The van der Waals surface area contributed by atoms with Gasteiger partial charge in [-0.05, 0) is 32.1 Å². The van der Waals surface area contributed by atoms with Crippen LogP contribution in [-0.2, 0) is 9.59 Å². The lowest BCUT2D eigenvalue weighted by molar-refractivity contribution is -0.131. The van der Waals surface area contributed by atoms with E-state index < -0.39 is 0 Å². The second kappa shape index (κ2) is 7.00. The Labute approximate surface area is 136 Å². The number of nitrogens with zero attached hydrogens (tertiary/aromatic N) is 3. The van der Waals surface area contributed by atoms with Crippen LogP contribution in [0.25, 0.3) is 0 Å². The quantitative estimate of drug-likeness (QED) is 0.833. The van der Waals surface area contributed by atoms with E-state index in [2.05, 4.69) is 11.9 Å². The van der Waals surface area contributed by atoms with Crippen LogP contribution in [0, 0.1) is 0 Å². The Hall–Kier alpha value is -2.08. The van der Waals surface area contributed by atoms with Gasteiger partial charge in [0.15, 0.2) is 6.61 Å². The molecule has 0 aliphatic carbocycles. The number of likely N-dealkylation sites (N-methyl/N-ethyl adjacent to an activating group) is 1. The lowest BCUT2D eigenvalue weighted by Gasteiger charge is -2.30. The predicted molar refractivity (Wildman–Crippen MR) is 87.6 cm³/mol. The molecule has 124 valence electrons. The highest BCUT2D eigenvalue weighted by atomic mass is 16.5. The minimum Gasteiger partial charge on any atom is -0.482 e. The molecule has 0 spiro atoms. The molecule has 3 rings (SSSR count). The fraction of sp³-hybridized carbons (Fsp3) is 0.529. The Kier molecular flexibility index (Phi) is 4.81. The van der Waals surface area contributed by atoms with Crippen LogP contribution in [0.1, 0.15) is 12.8 Å². The number of hydrogen-bond acceptors (Lipinski definition) is 4. The van der Waals surface area contributed by atoms with Gasteiger partial charge in [0.2, 0.25) is 5.91 Å². The average Bonchev–Trinajstić information content (AvgIpc) is 2.78. The number of rotatable bonds is 3. The van der Waals surface area contributed by atoms with Crippen LogP contribution < -0.4 is 9.64 Å². The second-order valence-electron chi connectivity index (χ2n) is 6.09. The van der Waals surface area contributed by atoms with Crippen molar-refractivity contribution in [3.05, 3.63) is 24.3 Å². The van der Waals surface area contributed by atoms with Gasteiger partial charge in [0.25, 0.3) is 5.91 Å². The van der Waals surface area contributed by atoms with E-state index in [1.807, 2.05) is 29.2 Å². The molecule has 23 heavy (non-hydrogen) atoms. The van der Waals surface area contributed by atoms with Gasteiger partial charge in [0.1, 0.15) is 5.75 Å². The van der Waals surface area contributed by atoms with Crippen molar-refractivity contribution in [3.8, 4) is 5.75 Å². The van der Waals surface area contributed by atoms with Crippen molar-refractivity contribution in [2.24, 2.45) is 0 Å². The number of anilines is 1. The molecule has 1 aromatic rings. The molecule has 2 heterocycles. The van der Waals surface area contributed by atoms with Crippen LogP contribution >= 0.6 is 0 Å². The highest BCUT2D eigenvalue weighted by Crippen LogP contribution is 2.31. The first-order valence-corrected chi connectivity index (χ1v) is 8.13. The standard InChI is InChI=1S/C17H23N3O3/c1-18-8-4-9-19(12-11-18)16(21)7-10-20-14-5-2-3-6-15(14)23-13-17(20)22/h2-3,5-6H,4,7-13H2,1H3. The van der Waals surface area contributed by atoms with Crippen LogP contribution in [0.2, 0.25) is 0 Å². The molecule has 2 aliphatic rings. The third-order valence-electron chi connectivity index (χ3n) is 4.43. The number of hydrogen-bond donors (Lipinski definition) is 0. The molecule has 0 aromatic heterocycles. The Morgan fingerprint density at radius 3 is 2.87 bits per heavy atom. The van der Waals surface area contributed by atoms with E-state index in [9.17, 15) is 9.59 Å². The van der Waals surface area contributed by atoms with Crippen LogP contribution in [0.3, 0.4) is 0 Å². The number of ether oxygens (including phenoxy) is 1. The molecular weight excluding hydrogens is 294 g/mol. The molecule has 2 aliphatic heterocycles. The van der Waals surface area contributed by atoms with E-state index in [1.165, 1.54) is 0 Å². The SMILES string of the molecule is CN1CCCN(C(=O)CCN2C(=O)COc3ccccc32)CC1. The van der Waals surface area contributed by atoms with Crippen molar-refractivity contribution in [2.45, 2.75) is 12.8 Å². The number of carbonyl (C=O) groups is 2. The lowest BCUT2D eigenvalue weighted by atomic mass is 10.2. The summed E-state index contributed by atoms with van der Waals surface area (Å²) in [7, 11) is 2.08. The van der Waals surface area contributed by atoms with Gasteiger partial charge in [0, 0.05) is 32.6 Å². The van der Waals surface area contributed by atoms with Crippen molar-refractivity contribution in [1.82, 2.24) is 9.80 Å². The van der Waals surface area contributed by atoms with Crippen LogP contribution in [0.15, 0.2) is 24.3 Å². The molecule has 2 amide bonds. The van der Waals surface area contributed by atoms with Gasteiger partial charge in [0.05, 0.1) is 5.69 Å². The van der Waals surface area contributed by atoms with Gasteiger partial charge < -0.3 is 19.4 Å². The van der Waals surface area contributed by atoms with E-state index in [-0.39, 0.29) is 18.4 Å². The largest absolute Gasteiger partial charge is 0.482 e. The third kappa shape index (κ3) is 3.64. The summed E-state index contributed by atoms with van der Waals surface area (Å²) in [4.78, 5) is 30.4. The topological polar surface area (TPSA) is 53.1 Å². The van der Waals surface area contributed by atoms with Gasteiger partial charge in [-0.1, -0.05) is 12.1 Å². The van der Waals surface area contributed by atoms with E-state index in [0.29, 0.717) is 18.7 Å². The first kappa shape index (κ1) is 15.8. The zero-order chi connectivity index (χ0) is 16.2. The molecule has 0 N–H and O–H groups in total. The summed E-state index contributed by atoms with van der Waals surface area (Å²) in [5.74, 6) is 0.736. The Morgan fingerprint density at radius 1 is 1.17 bits per heavy atom. The number of para-hydroxylation sites is 2. The summed E-state index contributed by atoms with van der Waals surface area (Å²) in [6.45, 7) is 3.95. The summed E-state index contributed by atoms with van der Waals surface area (Å²) in [5.41, 5.74) is 0.757. The fourth-order valence-electron chi connectivity index (χ4n) is 3.06. The lowest BCUT2D eigenvalue weighted by Crippen LogP contribution is -2.42. The Bertz CT molecular complexity index is 590. The highest BCUT2D eigenvalue weighted by Gasteiger charge is 2.26. The highest BCUT2D eigenvalue weighted by molar-refractivity contribution is 5.98. The van der Waals surface area contributed by atoms with Crippen LogP contribution in [-0.4, -0.2) is 68.0 Å². The first-order chi connectivity index (χ1) is 11.1. The summed E-state index contributed by atoms with van der Waals surface area (Å²) in [5, 5.41) is 0. The van der Waals surface area contributed by atoms with E-state index in [1.54, 1.807) is 4.90 Å². The van der Waals surface area contributed by atoms with Crippen molar-refractivity contribution < 1.29 is 14.3 Å². The van der Waals surface area contributed by atoms with Gasteiger partial charge in [-0.15, -0.1) is 0 Å². The molecule has 0 radical (unpaired) electrons. The molecule has 0 bridgehead atoms. The maximum atomic E-state index is 12.5. The predicted octanol–water partition coefficient (Wildman–Crippen LogP) is 0.966. The zero-order valence-electron chi connectivity index (χ0n) is 13.5. The maximum absolute atomic E-state index is 12.5. The average molecular weight is 317 g/mol. The molecular formula is C17H23N3O3. The molecule has 6 nitrogen and oxygen atoms in total. The molecule has 0 saturated carbocycles. The van der Waals surface area contributed by atoms with E-state index in [4.69, 9.17) is 4.74 Å². The molecule has 0 unspecified atom stereocenters. The Balaban J connectivity index is 1.61. The number of carbonyl (C=O) groups excluding carboxylic acids is 2. The maximum Gasteiger partial charge on any atom is 0.265 e. The van der Waals surface area contributed by atoms with Gasteiger partial charge >= 0.3 is 0 Å². The van der Waals surface area contributed by atoms with Gasteiger partial charge in [-0.2, -0.15) is 0 Å². The molecule has 1 saturated heterocycles. The molecule has 0 atom stereocenters. The molecule has 1 fully saturated rings. The van der Waals surface area contributed by atoms with Gasteiger partial charge in [-0.25, -0.2) is 0 Å². The van der Waals surface area contributed by atoms with Crippen molar-refractivity contribution in [1.29, 1.82) is 0 Å². The summed E-state index contributed by atoms with van der Waals surface area (Å²) in [6.07, 6.45) is 1.35. The van der Waals surface area contributed by atoms with Crippen molar-refractivity contribution in [3.63, 3.8) is 0 Å². The summed E-state index contributed by atoms with van der Waals surface area (Å²) in [6, 6.07) is 7.46. The first-order valence-electron chi connectivity index (χ1n) is 8.13. The summed E-state index contributed by atoms with van der Waals surface area (Å²) >= 11 is 0. The minimum atomic E-state index is -0.0906. The Morgan fingerprint density at radius 2 is 2.00 bits per heavy atom. The van der Waals surface area contributed by atoms with E-state index >= 15 is 0 Å². The molecule has 1 aromatic carbocycles. The van der Waals surface area contributed by atoms with Crippen LogP contribution in [0.4, 0.5) is 5.69 Å². The van der Waals surface area contributed by atoms with E-state index in [0.717, 1.165) is 38.3 Å². The van der Waals surface area contributed by atoms with Crippen molar-refractivity contribution in [2.75, 3.05) is 51.3 Å². The normalized spacial score (nSPS) is 19.1. The number of benzene rings is 1. The third-order valence-corrected chi connectivity index (χ3v) is 4.43. The van der Waals surface area contributed by atoms with Crippen molar-refractivity contribution >= 4 is 17.5 Å². The number of amides is 2. The fourth-order valence-corrected chi connectivity index (χ4v) is 3.06. The smallest absolute Gasteiger partial charge is 0.265 e. The minimum absolute atomic E-state index is 0.0414. The molecule has 6 heteroatoms.